The van der Waals surface area contributed by atoms with Crippen LogP contribution in [-0.2, 0) is 6.54 Å². The molecule has 0 amide bonds. The highest BCUT2D eigenvalue weighted by molar-refractivity contribution is 7.11. The Labute approximate surface area is 157 Å². The van der Waals surface area contributed by atoms with Crippen LogP contribution in [-0.4, -0.2) is 41.6 Å². The Morgan fingerprint density at radius 1 is 1.48 bits per heavy atom. The van der Waals surface area contributed by atoms with Gasteiger partial charge in [0.1, 0.15) is 5.82 Å². The maximum atomic E-state index is 6.26. The summed E-state index contributed by atoms with van der Waals surface area (Å²) in [7, 11) is 0. The van der Waals surface area contributed by atoms with Gasteiger partial charge in [-0.15, -0.1) is 11.3 Å². The molecule has 2 aromatic rings. The molecule has 2 N–H and O–H groups in total. The number of aryl methyl sites for hydroxylation is 1. The van der Waals surface area contributed by atoms with Crippen molar-refractivity contribution in [3.8, 4) is 0 Å². The topological polar surface area (TPSA) is 65.4 Å². The van der Waals surface area contributed by atoms with E-state index in [1.165, 1.54) is 4.88 Å². The molecule has 1 fully saturated rings. The molecule has 3 heterocycles. The number of thiazole rings is 1. The van der Waals surface area contributed by atoms with E-state index in [-0.39, 0.29) is 0 Å². The van der Waals surface area contributed by atoms with Crippen molar-refractivity contribution in [1.82, 2.24) is 20.6 Å². The Morgan fingerprint density at radius 3 is 3.08 bits per heavy atom. The van der Waals surface area contributed by atoms with Crippen LogP contribution in [0.4, 0.5) is 5.82 Å². The molecule has 8 heteroatoms. The average molecular weight is 379 g/mol. The van der Waals surface area contributed by atoms with Crippen molar-refractivity contribution < 1.29 is 0 Å². The number of halogens is 1. The molecule has 2 aromatic heterocycles. The Hall–Kier alpha value is -1.86. The second-order valence-electron chi connectivity index (χ2n) is 5.93. The third-order valence-electron chi connectivity index (χ3n) is 3.97. The van der Waals surface area contributed by atoms with Crippen molar-refractivity contribution >= 4 is 34.7 Å². The van der Waals surface area contributed by atoms with Crippen molar-refractivity contribution in [2.75, 3.05) is 24.5 Å². The molecule has 1 unspecified atom stereocenters. The van der Waals surface area contributed by atoms with E-state index >= 15 is 0 Å². The summed E-state index contributed by atoms with van der Waals surface area (Å²) in [6.45, 7) is 7.35. The fourth-order valence-corrected chi connectivity index (χ4v) is 3.79. The van der Waals surface area contributed by atoms with Crippen LogP contribution < -0.4 is 15.5 Å². The average Bonchev–Trinajstić information content (AvgIpc) is 3.22. The molecule has 3 rings (SSSR count). The fourth-order valence-electron chi connectivity index (χ4n) is 2.83. The molecule has 0 bridgehead atoms. The van der Waals surface area contributed by atoms with Crippen LogP contribution in [0.25, 0.3) is 0 Å². The van der Waals surface area contributed by atoms with Gasteiger partial charge in [0, 0.05) is 42.9 Å². The van der Waals surface area contributed by atoms with E-state index in [0.29, 0.717) is 17.6 Å². The molecule has 6 nitrogen and oxygen atoms in total. The van der Waals surface area contributed by atoms with E-state index in [1.54, 1.807) is 17.5 Å². The number of hydrogen-bond donors (Lipinski definition) is 2. The van der Waals surface area contributed by atoms with Gasteiger partial charge in [0.05, 0.1) is 16.6 Å². The predicted molar refractivity (Wildman–Crippen MR) is 105 cm³/mol. The zero-order valence-corrected chi connectivity index (χ0v) is 16.1. The second-order valence-corrected chi connectivity index (χ2v) is 7.65. The Morgan fingerprint density at radius 2 is 2.36 bits per heavy atom. The first kappa shape index (κ1) is 17.9. The van der Waals surface area contributed by atoms with Crippen LogP contribution >= 0.6 is 22.9 Å². The van der Waals surface area contributed by atoms with E-state index in [0.717, 1.165) is 42.8 Å². The lowest BCUT2D eigenvalue weighted by molar-refractivity contribution is 0.649. The monoisotopic (exact) mass is 378 g/mol. The Bertz CT molecular complexity index is 731. The molecule has 0 saturated carbocycles. The minimum Gasteiger partial charge on any atom is -0.357 e. The van der Waals surface area contributed by atoms with Gasteiger partial charge in [0.2, 0.25) is 0 Å². The zero-order chi connectivity index (χ0) is 17.6. The van der Waals surface area contributed by atoms with E-state index in [1.807, 2.05) is 25.3 Å². The highest BCUT2D eigenvalue weighted by atomic mass is 35.5. The number of guanidine groups is 1. The first-order chi connectivity index (χ1) is 12.2. The molecular formula is C17H23ClN6S. The zero-order valence-electron chi connectivity index (χ0n) is 14.5. The van der Waals surface area contributed by atoms with E-state index in [2.05, 4.69) is 37.4 Å². The smallest absolute Gasteiger partial charge is 0.191 e. The minimum absolute atomic E-state index is 0.319. The lowest BCUT2D eigenvalue weighted by Gasteiger charge is -2.20. The van der Waals surface area contributed by atoms with Crippen LogP contribution in [0.5, 0.6) is 0 Å². The predicted octanol–water partition coefficient (Wildman–Crippen LogP) is 2.83. The molecule has 1 aliphatic rings. The van der Waals surface area contributed by atoms with Crippen molar-refractivity contribution in [3.05, 3.63) is 39.4 Å². The summed E-state index contributed by atoms with van der Waals surface area (Å²) in [4.78, 5) is 16.7. The third kappa shape index (κ3) is 4.83. The number of nitrogens with one attached hydrogen (secondary N) is 2. The van der Waals surface area contributed by atoms with Gasteiger partial charge in [-0.2, -0.15) is 0 Å². The maximum Gasteiger partial charge on any atom is 0.191 e. The Balaban J connectivity index is 1.60. The summed E-state index contributed by atoms with van der Waals surface area (Å²) in [6, 6.07) is 4.06. The van der Waals surface area contributed by atoms with Gasteiger partial charge in [0.25, 0.3) is 0 Å². The molecule has 0 spiro atoms. The van der Waals surface area contributed by atoms with Crippen LogP contribution in [0.2, 0.25) is 5.02 Å². The standard InChI is InChI=1S/C17H23ClN6S/c1-3-19-17(22-10-14-9-21-12(2)25-14)23-13-6-8-24(11-13)16-15(18)5-4-7-20-16/h4-5,7,9,13H,3,6,8,10-11H2,1-2H3,(H2,19,22,23). The molecule has 0 aromatic carbocycles. The molecule has 1 atom stereocenters. The van der Waals surface area contributed by atoms with Crippen LogP contribution in [0, 0.1) is 6.92 Å². The highest BCUT2D eigenvalue weighted by Gasteiger charge is 2.25. The molecule has 1 aliphatic heterocycles. The van der Waals surface area contributed by atoms with E-state index in [9.17, 15) is 0 Å². The number of pyridine rings is 1. The van der Waals surface area contributed by atoms with Crippen LogP contribution in [0.15, 0.2) is 29.5 Å². The number of anilines is 1. The lowest BCUT2D eigenvalue weighted by Crippen LogP contribution is -2.44. The van der Waals surface area contributed by atoms with Gasteiger partial charge in [0.15, 0.2) is 5.96 Å². The maximum absolute atomic E-state index is 6.26. The quantitative estimate of drug-likeness (QED) is 0.618. The first-order valence-electron chi connectivity index (χ1n) is 8.47. The van der Waals surface area contributed by atoms with E-state index < -0.39 is 0 Å². The molecule has 134 valence electrons. The molecule has 0 radical (unpaired) electrons. The molecule has 0 aliphatic carbocycles. The van der Waals surface area contributed by atoms with Gasteiger partial charge in [-0.05, 0) is 32.4 Å². The minimum atomic E-state index is 0.319. The number of nitrogens with zero attached hydrogens (tertiary/aromatic N) is 4. The molecule has 25 heavy (non-hydrogen) atoms. The van der Waals surface area contributed by atoms with Crippen LogP contribution in [0.1, 0.15) is 23.2 Å². The Kier molecular flexibility index (Phi) is 6.09. The summed E-state index contributed by atoms with van der Waals surface area (Å²) in [6.07, 6.45) is 4.70. The molecular weight excluding hydrogens is 356 g/mol. The lowest BCUT2D eigenvalue weighted by atomic mass is 10.3. The van der Waals surface area contributed by atoms with Gasteiger partial charge in [-0.3, -0.25) is 0 Å². The summed E-state index contributed by atoms with van der Waals surface area (Å²) in [5.41, 5.74) is 0. The second kappa shape index (κ2) is 8.49. The SMILES string of the molecule is CCNC(=NCc1cnc(C)s1)NC1CCN(c2ncccc2Cl)C1. The van der Waals surface area contributed by atoms with Crippen molar-refractivity contribution in [1.29, 1.82) is 0 Å². The number of aromatic nitrogens is 2. The van der Waals surface area contributed by atoms with Gasteiger partial charge < -0.3 is 15.5 Å². The fraction of sp³-hybridized carbons (Fsp3) is 0.471. The summed E-state index contributed by atoms with van der Waals surface area (Å²) < 4.78 is 0. The van der Waals surface area contributed by atoms with E-state index in [4.69, 9.17) is 11.6 Å². The van der Waals surface area contributed by atoms with Gasteiger partial charge in [-0.25, -0.2) is 15.0 Å². The van der Waals surface area contributed by atoms with Crippen LogP contribution in [0.3, 0.4) is 0 Å². The van der Waals surface area contributed by atoms with Gasteiger partial charge >= 0.3 is 0 Å². The number of aliphatic imine (C=N–C) groups is 1. The van der Waals surface area contributed by atoms with Crippen molar-refractivity contribution in [2.24, 2.45) is 4.99 Å². The van der Waals surface area contributed by atoms with Gasteiger partial charge in [-0.1, -0.05) is 11.6 Å². The summed E-state index contributed by atoms with van der Waals surface area (Å²) in [5.74, 6) is 1.70. The number of rotatable bonds is 5. The number of hydrogen-bond acceptors (Lipinski definition) is 5. The largest absolute Gasteiger partial charge is 0.357 e. The highest BCUT2D eigenvalue weighted by Crippen LogP contribution is 2.25. The summed E-state index contributed by atoms with van der Waals surface area (Å²) >= 11 is 7.95. The van der Waals surface area contributed by atoms with Crippen molar-refractivity contribution in [3.63, 3.8) is 0 Å². The molecule has 1 saturated heterocycles. The first-order valence-corrected chi connectivity index (χ1v) is 9.66. The summed E-state index contributed by atoms with van der Waals surface area (Å²) in [5, 5.41) is 8.61. The normalized spacial score (nSPS) is 17.8. The van der Waals surface area contributed by atoms with Crippen molar-refractivity contribution in [2.45, 2.75) is 32.9 Å². The third-order valence-corrected chi connectivity index (χ3v) is 5.17.